The predicted molar refractivity (Wildman–Crippen MR) is 46.2 cm³/mol. The summed E-state index contributed by atoms with van der Waals surface area (Å²) < 4.78 is 0. The van der Waals surface area contributed by atoms with Gasteiger partial charge in [-0.25, -0.2) is 0 Å². The van der Waals surface area contributed by atoms with Gasteiger partial charge in [-0.3, -0.25) is 0 Å². The first kappa shape index (κ1) is 7.37. The SMILES string of the molecule is C#Cc1sccc1CCC. The first-order chi connectivity index (χ1) is 4.88. The van der Waals surface area contributed by atoms with Crippen molar-refractivity contribution in [3.05, 3.63) is 21.9 Å². The predicted octanol–water partition coefficient (Wildman–Crippen LogP) is 2.68. The number of thiophene rings is 1. The van der Waals surface area contributed by atoms with Gasteiger partial charge in [-0.1, -0.05) is 19.3 Å². The lowest BCUT2D eigenvalue weighted by Gasteiger charge is -1.91. The first-order valence-electron chi connectivity index (χ1n) is 3.41. The topological polar surface area (TPSA) is 0 Å². The van der Waals surface area contributed by atoms with Gasteiger partial charge >= 0.3 is 0 Å². The Bertz CT molecular complexity index is 239. The zero-order chi connectivity index (χ0) is 7.40. The summed E-state index contributed by atoms with van der Waals surface area (Å²) in [5.74, 6) is 2.68. The molecule has 0 saturated carbocycles. The van der Waals surface area contributed by atoms with Crippen LogP contribution in [0.1, 0.15) is 23.8 Å². The maximum absolute atomic E-state index is 5.29. The molecule has 1 heterocycles. The molecule has 0 bridgehead atoms. The molecule has 52 valence electrons. The average Bonchev–Trinajstić information content (AvgIpc) is 2.36. The summed E-state index contributed by atoms with van der Waals surface area (Å²) in [6, 6.07) is 2.11. The summed E-state index contributed by atoms with van der Waals surface area (Å²) in [6.45, 7) is 2.16. The molecule has 0 aromatic carbocycles. The molecule has 10 heavy (non-hydrogen) atoms. The summed E-state index contributed by atoms with van der Waals surface area (Å²) in [7, 11) is 0. The van der Waals surface area contributed by atoms with E-state index in [1.807, 2.05) is 0 Å². The van der Waals surface area contributed by atoms with Crippen molar-refractivity contribution in [2.75, 3.05) is 0 Å². The van der Waals surface area contributed by atoms with Gasteiger partial charge in [0.1, 0.15) is 0 Å². The van der Waals surface area contributed by atoms with Gasteiger partial charge in [-0.2, -0.15) is 0 Å². The van der Waals surface area contributed by atoms with E-state index in [2.05, 4.69) is 24.3 Å². The van der Waals surface area contributed by atoms with Crippen LogP contribution >= 0.6 is 11.3 Å². The van der Waals surface area contributed by atoms with Crippen LogP contribution in [-0.4, -0.2) is 0 Å². The molecule has 0 radical (unpaired) electrons. The standard InChI is InChI=1S/C9H10S/c1-3-5-8-6-7-10-9(8)4-2/h2,6-7H,3,5H2,1H3. The Hall–Kier alpha value is -0.740. The zero-order valence-corrected chi connectivity index (χ0v) is 6.87. The highest BCUT2D eigenvalue weighted by Gasteiger charge is 1.97. The summed E-state index contributed by atoms with van der Waals surface area (Å²) in [5, 5.41) is 2.06. The molecule has 0 amide bonds. The van der Waals surface area contributed by atoms with E-state index < -0.39 is 0 Å². The van der Waals surface area contributed by atoms with Crippen LogP contribution in [0.25, 0.3) is 0 Å². The van der Waals surface area contributed by atoms with Gasteiger partial charge in [0.2, 0.25) is 0 Å². The van der Waals surface area contributed by atoms with Crippen molar-refractivity contribution < 1.29 is 0 Å². The lowest BCUT2D eigenvalue weighted by molar-refractivity contribution is 0.924. The highest BCUT2D eigenvalue weighted by molar-refractivity contribution is 7.10. The highest BCUT2D eigenvalue weighted by atomic mass is 32.1. The van der Waals surface area contributed by atoms with E-state index in [-0.39, 0.29) is 0 Å². The fourth-order valence-corrected chi connectivity index (χ4v) is 1.69. The van der Waals surface area contributed by atoms with Crippen LogP contribution in [0.15, 0.2) is 11.4 Å². The second kappa shape index (κ2) is 3.43. The zero-order valence-electron chi connectivity index (χ0n) is 6.05. The fraction of sp³-hybridized carbons (Fsp3) is 0.333. The lowest BCUT2D eigenvalue weighted by atomic mass is 10.1. The molecule has 1 rings (SSSR count). The molecule has 0 atom stereocenters. The van der Waals surface area contributed by atoms with Crippen molar-refractivity contribution >= 4 is 11.3 Å². The van der Waals surface area contributed by atoms with E-state index in [9.17, 15) is 0 Å². The largest absolute Gasteiger partial charge is 0.135 e. The van der Waals surface area contributed by atoms with Crippen LogP contribution in [0.5, 0.6) is 0 Å². The van der Waals surface area contributed by atoms with Gasteiger partial charge in [-0.05, 0) is 23.4 Å². The minimum absolute atomic E-state index is 1.10. The fourth-order valence-electron chi connectivity index (χ4n) is 0.928. The van der Waals surface area contributed by atoms with E-state index >= 15 is 0 Å². The molecule has 0 aliphatic rings. The molecule has 1 heteroatoms. The Morgan fingerprint density at radius 2 is 2.50 bits per heavy atom. The van der Waals surface area contributed by atoms with E-state index in [4.69, 9.17) is 6.42 Å². The van der Waals surface area contributed by atoms with Crippen molar-refractivity contribution in [2.45, 2.75) is 19.8 Å². The van der Waals surface area contributed by atoms with Crippen LogP contribution < -0.4 is 0 Å². The molecule has 0 unspecified atom stereocenters. The second-order valence-electron chi connectivity index (χ2n) is 2.17. The number of rotatable bonds is 2. The summed E-state index contributed by atoms with van der Waals surface area (Å²) in [6.07, 6.45) is 7.57. The molecule has 0 fully saturated rings. The number of terminal acetylenes is 1. The molecule has 0 spiro atoms. The van der Waals surface area contributed by atoms with E-state index in [0.717, 1.165) is 11.3 Å². The van der Waals surface area contributed by atoms with Crippen molar-refractivity contribution in [3.63, 3.8) is 0 Å². The Kier molecular flexibility index (Phi) is 2.53. The molecule has 1 aromatic heterocycles. The van der Waals surface area contributed by atoms with Crippen LogP contribution in [0.4, 0.5) is 0 Å². The van der Waals surface area contributed by atoms with Crippen molar-refractivity contribution in [1.82, 2.24) is 0 Å². The van der Waals surface area contributed by atoms with Crippen LogP contribution in [0, 0.1) is 12.3 Å². The van der Waals surface area contributed by atoms with E-state index in [1.54, 1.807) is 11.3 Å². The van der Waals surface area contributed by atoms with Crippen molar-refractivity contribution in [3.8, 4) is 12.3 Å². The maximum Gasteiger partial charge on any atom is 0.0797 e. The quantitative estimate of drug-likeness (QED) is 0.569. The van der Waals surface area contributed by atoms with Gasteiger partial charge in [0.15, 0.2) is 0 Å². The summed E-state index contributed by atoms with van der Waals surface area (Å²) in [4.78, 5) is 1.10. The normalized spacial score (nSPS) is 9.20. The minimum Gasteiger partial charge on any atom is -0.135 e. The molecule has 0 aliphatic carbocycles. The molecule has 0 aliphatic heterocycles. The number of hydrogen-bond acceptors (Lipinski definition) is 1. The first-order valence-corrected chi connectivity index (χ1v) is 4.29. The summed E-state index contributed by atoms with van der Waals surface area (Å²) in [5.41, 5.74) is 1.33. The molecule has 1 aromatic rings. The lowest BCUT2D eigenvalue weighted by Crippen LogP contribution is -1.80. The van der Waals surface area contributed by atoms with Crippen molar-refractivity contribution in [1.29, 1.82) is 0 Å². The second-order valence-corrected chi connectivity index (χ2v) is 3.09. The molecular weight excluding hydrogens is 140 g/mol. The Morgan fingerprint density at radius 1 is 1.70 bits per heavy atom. The van der Waals surface area contributed by atoms with Crippen molar-refractivity contribution in [2.24, 2.45) is 0 Å². The maximum atomic E-state index is 5.29. The summed E-state index contributed by atoms with van der Waals surface area (Å²) >= 11 is 1.65. The molecular formula is C9H10S. The highest BCUT2D eigenvalue weighted by Crippen LogP contribution is 2.16. The third-order valence-electron chi connectivity index (χ3n) is 1.40. The monoisotopic (exact) mass is 150 g/mol. The molecule has 0 saturated heterocycles. The number of aryl methyl sites for hydroxylation is 1. The van der Waals surface area contributed by atoms with Gasteiger partial charge in [-0.15, -0.1) is 17.8 Å². The van der Waals surface area contributed by atoms with Crippen LogP contribution in [0.2, 0.25) is 0 Å². The minimum atomic E-state index is 1.10. The smallest absolute Gasteiger partial charge is 0.0797 e. The Morgan fingerprint density at radius 3 is 3.10 bits per heavy atom. The van der Waals surface area contributed by atoms with E-state index in [1.165, 1.54) is 12.0 Å². The van der Waals surface area contributed by atoms with Crippen LogP contribution in [-0.2, 0) is 6.42 Å². The Balaban J connectivity index is 2.82. The van der Waals surface area contributed by atoms with Gasteiger partial charge in [0, 0.05) is 0 Å². The number of hydrogen-bond donors (Lipinski definition) is 0. The Labute approximate surface area is 65.9 Å². The van der Waals surface area contributed by atoms with Gasteiger partial charge in [0.25, 0.3) is 0 Å². The third-order valence-corrected chi connectivity index (χ3v) is 2.29. The van der Waals surface area contributed by atoms with Gasteiger partial charge < -0.3 is 0 Å². The van der Waals surface area contributed by atoms with E-state index in [0.29, 0.717) is 0 Å². The molecule has 0 N–H and O–H groups in total. The third kappa shape index (κ3) is 1.40. The van der Waals surface area contributed by atoms with Gasteiger partial charge in [0.05, 0.1) is 4.88 Å². The average molecular weight is 150 g/mol. The molecule has 0 nitrogen and oxygen atoms in total. The van der Waals surface area contributed by atoms with Crippen LogP contribution in [0.3, 0.4) is 0 Å².